The number of hydrogen-bond acceptors (Lipinski definition) is 6. The zero-order valence-corrected chi connectivity index (χ0v) is 17.9. The number of nitrogens with one attached hydrogen (secondary N) is 1. The Kier molecular flexibility index (Phi) is 6.89. The molecule has 2 heterocycles. The highest BCUT2D eigenvalue weighted by atomic mass is 16.5. The van der Waals surface area contributed by atoms with E-state index in [9.17, 15) is 4.79 Å². The van der Waals surface area contributed by atoms with Crippen LogP contribution in [0.1, 0.15) is 36.6 Å². The summed E-state index contributed by atoms with van der Waals surface area (Å²) in [7, 11) is 0. The molecule has 6 heteroatoms. The molecule has 0 radical (unpaired) electrons. The lowest BCUT2D eigenvalue weighted by Crippen LogP contribution is -2.25. The molecule has 3 aromatic rings. The molecule has 6 bridgehead atoms. The molecule has 0 saturated carbocycles. The zero-order chi connectivity index (χ0) is 21.5. The van der Waals surface area contributed by atoms with Crippen LogP contribution in [-0.4, -0.2) is 40.3 Å². The van der Waals surface area contributed by atoms with E-state index >= 15 is 0 Å². The summed E-state index contributed by atoms with van der Waals surface area (Å²) < 4.78 is 5.76. The lowest BCUT2D eigenvalue weighted by molar-refractivity contribution is -0.121. The predicted molar refractivity (Wildman–Crippen MR) is 122 cm³/mol. The van der Waals surface area contributed by atoms with Crippen molar-refractivity contribution in [3.8, 4) is 5.75 Å². The number of aromatic nitrogens is 2. The van der Waals surface area contributed by atoms with Crippen LogP contribution in [0.5, 0.6) is 5.75 Å². The number of ether oxygens (including phenoxy) is 1. The number of Topliss-reactive ketones (excluding diaryl/α,β-unsaturated/α-hetero) is 1. The third-order valence-corrected chi connectivity index (χ3v) is 5.39. The van der Waals surface area contributed by atoms with Crippen molar-refractivity contribution in [2.24, 2.45) is 0 Å². The minimum atomic E-state index is 0.110. The van der Waals surface area contributed by atoms with Gasteiger partial charge in [0.05, 0.1) is 5.69 Å². The van der Waals surface area contributed by atoms with Crippen LogP contribution in [0.15, 0.2) is 60.9 Å². The third kappa shape index (κ3) is 6.12. The van der Waals surface area contributed by atoms with Crippen molar-refractivity contribution >= 4 is 17.3 Å². The minimum Gasteiger partial charge on any atom is -0.486 e. The minimum absolute atomic E-state index is 0.110. The maximum atomic E-state index is 12.3. The first kappa shape index (κ1) is 21.0. The van der Waals surface area contributed by atoms with E-state index in [0.29, 0.717) is 18.6 Å². The van der Waals surface area contributed by atoms with Gasteiger partial charge in [0.25, 0.3) is 0 Å². The van der Waals surface area contributed by atoms with E-state index in [2.05, 4.69) is 45.3 Å². The van der Waals surface area contributed by atoms with Gasteiger partial charge in [-0.25, -0.2) is 9.97 Å². The number of carbonyl (C=O) groups is 1. The summed E-state index contributed by atoms with van der Waals surface area (Å²) in [6, 6.07) is 18.2. The van der Waals surface area contributed by atoms with E-state index in [4.69, 9.17) is 4.74 Å². The zero-order valence-electron chi connectivity index (χ0n) is 17.9. The number of fused-ring (bicyclic) bond motifs is 6. The molecule has 0 atom stereocenters. The lowest BCUT2D eigenvalue weighted by Gasteiger charge is -2.20. The first-order chi connectivity index (χ1) is 15.2. The Morgan fingerprint density at radius 3 is 2.84 bits per heavy atom. The highest BCUT2D eigenvalue weighted by Crippen LogP contribution is 2.20. The summed E-state index contributed by atoms with van der Waals surface area (Å²) in [4.78, 5) is 23.5. The Balaban J connectivity index is 1.61. The first-order valence-corrected chi connectivity index (χ1v) is 10.8. The Labute approximate surface area is 183 Å². The highest BCUT2D eigenvalue weighted by Gasteiger charge is 2.10. The van der Waals surface area contributed by atoms with E-state index in [-0.39, 0.29) is 12.4 Å². The second-order valence-corrected chi connectivity index (χ2v) is 7.84. The van der Waals surface area contributed by atoms with Crippen molar-refractivity contribution in [1.29, 1.82) is 0 Å². The summed E-state index contributed by atoms with van der Waals surface area (Å²) in [5, 5.41) is 3.40. The number of carbonyl (C=O) groups excluding carboxylic acids is 1. The van der Waals surface area contributed by atoms with Crippen molar-refractivity contribution in [2.75, 3.05) is 25.0 Å². The maximum Gasteiger partial charge on any atom is 0.170 e. The lowest BCUT2D eigenvalue weighted by atomic mass is 10.1. The molecule has 4 rings (SSSR count). The highest BCUT2D eigenvalue weighted by molar-refractivity contribution is 5.79. The van der Waals surface area contributed by atoms with Crippen LogP contribution < -0.4 is 10.1 Å². The van der Waals surface area contributed by atoms with Gasteiger partial charge in [0.1, 0.15) is 24.5 Å². The van der Waals surface area contributed by atoms with Crippen molar-refractivity contribution in [2.45, 2.75) is 32.7 Å². The quantitative estimate of drug-likeness (QED) is 0.635. The Morgan fingerprint density at radius 2 is 1.94 bits per heavy atom. The van der Waals surface area contributed by atoms with E-state index < -0.39 is 0 Å². The molecular weight excluding hydrogens is 388 g/mol. The van der Waals surface area contributed by atoms with Gasteiger partial charge in [0.2, 0.25) is 0 Å². The topological polar surface area (TPSA) is 67.4 Å². The van der Waals surface area contributed by atoms with Crippen LogP contribution in [0, 0.1) is 0 Å². The molecule has 2 aromatic carbocycles. The van der Waals surface area contributed by atoms with Gasteiger partial charge < -0.3 is 10.1 Å². The summed E-state index contributed by atoms with van der Waals surface area (Å²) in [6.45, 7) is 4.92. The largest absolute Gasteiger partial charge is 0.486 e. The fraction of sp³-hybridized carbons (Fsp3) is 0.320. The van der Waals surface area contributed by atoms with Crippen molar-refractivity contribution in [1.82, 2.24) is 14.9 Å². The SMILES string of the molecule is CCN1CCCC(=O)COc2cccc(c2)Cc2cc(ncn2)Nc2cccc(c2)C1. The molecule has 1 aliphatic heterocycles. The van der Waals surface area contributed by atoms with Crippen molar-refractivity contribution in [3.63, 3.8) is 0 Å². The Hall–Kier alpha value is -3.25. The third-order valence-electron chi connectivity index (χ3n) is 5.39. The standard InChI is InChI=1S/C25H28N4O2/c1-2-29-11-5-9-23(30)17-31-24-10-4-6-19(14-24)12-22-15-25(27-18-26-22)28-21-8-3-7-20(13-21)16-29/h3-4,6-8,10,13-15,18H,2,5,9,11-12,16-17H2,1H3,(H,26,27,28). The van der Waals surface area contributed by atoms with E-state index in [1.165, 1.54) is 5.56 Å². The number of hydrogen-bond donors (Lipinski definition) is 1. The van der Waals surface area contributed by atoms with E-state index in [0.717, 1.165) is 48.8 Å². The van der Waals surface area contributed by atoms with Gasteiger partial charge in [-0.05, 0) is 54.9 Å². The van der Waals surface area contributed by atoms with Crippen molar-refractivity contribution in [3.05, 3.63) is 77.7 Å². The van der Waals surface area contributed by atoms with Crippen LogP contribution in [-0.2, 0) is 17.8 Å². The number of benzene rings is 2. The molecule has 1 N–H and O–H groups in total. The molecule has 1 aromatic heterocycles. The van der Waals surface area contributed by atoms with Gasteiger partial charge in [0.15, 0.2) is 5.78 Å². The maximum absolute atomic E-state index is 12.3. The summed E-state index contributed by atoms with van der Waals surface area (Å²) in [6.07, 6.45) is 3.60. The number of rotatable bonds is 1. The molecule has 0 aliphatic carbocycles. The smallest absolute Gasteiger partial charge is 0.170 e. The number of anilines is 2. The molecule has 1 aliphatic rings. The molecule has 31 heavy (non-hydrogen) atoms. The van der Waals surface area contributed by atoms with Gasteiger partial charge in [-0.1, -0.05) is 31.2 Å². The van der Waals surface area contributed by atoms with Crippen LogP contribution in [0.2, 0.25) is 0 Å². The second kappa shape index (κ2) is 10.2. The fourth-order valence-electron chi connectivity index (χ4n) is 3.76. The molecule has 0 unspecified atom stereocenters. The first-order valence-electron chi connectivity index (χ1n) is 10.8. The predicted octanol–water partition coefficient (Wildman–Crippen LogP) is 4.37. The van der Waals surface area contributed by atoms with Crippen LogP contribution >= 0.6 is 0 Å². The van der Waals surface area contributed by atoms with Crippen LogP contribution in [0.3, 0.4) is 0 Å². The average molecular weight is 417 g/mol. The molecule has 160 valence electrons. The van der Waals surface area contributed by atoms with E-state index in [1.807, 2.05) is 36.4 Å². The molecular formula is C25H28N4O2. The van der Waals surface area contributed by atoms with E-state index in [1.54, 1.807) is 6.33 Å². The fourth-order valence-corrected chi connectivity index (χ4v) is 3.76. The Bertz CT molecular complexity index is 1040. The summed E-state index contributed by atoms with van der Waals surface area (Å²) >= 11 is 0. The number of ketones is 1. The van der Waals surface area contributed by atoms with Crippen molar-refractivity contribution < 1.29 is 9.53 Å². The van der Waals surface area contributed by atoms with Gasteiger partial charge in [0, 0.05) is 31.1 Å². The molecule has 0 amide bonds. The Morgan fingerprint density at radius 1 is 1.06 bits per heavy atom. The van der Waals surface area contributed by atoms with Crippen LogP contribution in [0.4, 0.5) is 11.5 Å². The monoisotopic (exact) mass is 416 g/mol. The molecule has 0 fully saturated rings. The molecule has 0 saturated heterocycles. The van der Waals surface area contributed by atoms with Crippen LogP contribution in [0.25, 0.3) is 0 Å². The van der Waals surface area contributed by atoms with Gasteiger partial charge in [-0.3, -0.25) is 9.69 Å². The number of nitrogens with zero attached hydrogens (tertiary/aromatic N) is 3. The molecule has 0 spiro atoms. The van der Waals surface area contributed by atoms with Gasteiger partial charge in [-0.15, -0.1) is 0 Å². The molecule has 6 nitrogen and oxygen atoms in total. The summed E-state index contributed by atoms with van der Waals surface area (Å²) in [5.74, 6) is 1.61. The second-order valence-electron chi connectivity index (χ2n) is 7.84. The summed E-state index contributed by atoms with van der Waals surface area (Å²) in [5.41, 5.74) is 4.22. The van der Waals surface area contributed by atoms with Gasteiger partial charge >= 0.3 is 0 Å². The normalized spacial score (nSPS) is 15.7. The average Bonchev–Trinajstić information content (AvgIpc) is 2.77. The van der Waals surface area contributed by atoms with Gasteiger partial charge in [-0.2, -0.15) is 0 Å².